The van der Waals surface area contributed by atoms with E-state index < -0.39 is 5.97 Å². The van der Waals surface area contributed by atoms with Crippen molar-refractivity contribution in [2.24, 2.45) is 0 Å². The van der Waals surface area contributed by atoms with Crippen molar-refractivity contribution in [3.8, 4) is 0 Å². The number of fused-ring (bicyclic) bond motifs is 1. The summed E-state index contributed by atoms with van der Waals surface area (Å²) >= 11 is 5.85. The van der Waals surface area contributed by atoms with Gasteiger partial charge in [-0.1, -0.05) is 25.4 Å². The summed E-state index contributed by atoms with van der Waals surface area (Å²) in [4.78, 5) is 15.8. The van der Waals surface area contributed by atoms with Gasteiger partial charge in [-0.05, 0) is 19.9 Å². The highest BCUT2D eigenvalue weighted by Gasteiger charge is 2.16. The molecule has 0 N–H and O–H groups in total. The number of imidazole rings is 1. The summed E-state index contributed by atoms with van der Waals surface area (Å²) in [5.41, 5.74) is 1.74. The zero-order chi connectivity index (χ0) is 13.7. The smallest absolute Gasteiger partial charge is 0.358 e. The van der Waals surface area contributed by atoms with Crippen LogP contribution in [-0.2, 0) is 4.74 Å². The number of aromatic nitrogens is 2. The van der Waals surface area contributed by atoms with Crippen LogP contribution in [0.25, 0.3) is 5.65 Å². The third-order valence-electron chi connectivity index (χ3n) is 2.30. The molecule has 4 nitrogen and oxygen atoms in total. The summed E-state index contributed by atoms with van der Waals surface area (Å²) in [5.74, 6) is -0.403. The zero-order valence-electron chi connectivity index (χ0n) is 11.0. The molecule has 0 atom stereocenters. The third kappa shape index (κ3) is 2.82. The topological polar surface area (TPSA) is 43.6 Å². The largest absolute Gasteiger partial charge is 0.461 e. The molecule has 0 spiro atoms. The van der Waals surface area contributed by atoms with Gasteiger partial charge < -0.3 is 9.14 Å². The minimum absolute atomic E-state index is 0.337. The minimum Gasteiger partial charge on any atom is -0.461 e. The number of pyridine rings is 1. The van der Waals surface area contributed by atoms with Gasteiger partial charge in [-0.2, -0.15) is 0 Å². The molecule has 0 saturated heterocycles. The van der Waals surface area contributed by atoms with Gasteiger partial charge in [0.25, 0.3) is 0 Å². The van der Waals surface area contributed by atoms with Gasteiger partial charge in [-0.3, -0.25) is 0 Å². The van der Waals surface area contributed by atoms with Crippen LogP contribution in [0.15, 0.2) is 18.3 Å². The molecule has 2 aromatic rings. The first-order valence-electron chi connectivity index (χ1n) is 5.94. The number of aryl methyl sites for hydroxylation is 1. The summed E-state index contributed by atoms with van der Waals surface area (Å²) < 4.78 is 6.72. The molecule has 2 rings (SSSR count). The first-order valence-corrected chi connectivity index (χ1v) is 6.32. The van der Waals surface area contributed by atoms with E-state index in [4.69, 9.17) is 16.3 Å². The van der Waals surface area contributed by atoms with E-state index in [1.54, 1.807) is 29.7 Å². The standard InChI is InChI=1S/C11H11ClN2O2.C2H6/c1-3-16-11(15)10-7(2)14-5-4-8(12)6-9(14)13-10;1-2/h4-6H,3H2,1-2H3;1-2H3. The lowest BCUT2D eigenvalue weighted by Crippen LogP contribution is -2.06. The van der Waals surface area contributed by atoms with Crippen molar-refractivity contribution in [1.82, 2.24) is 9.38 Å². The molecule has 2 aromatic heterocycles. The Morgan fingerprint density at radius 1 is 1.50 bits per heavy atom. The van der Waals surface area contributed by atoms with Crippen LogP contribution in [-0.4, -0.2) is 22.0 Å². The highest BCUT2D eigenvalue weighted by molar-refractivity contribution is 6.30. The van der Waals surface area contributed by atoms with Gasteiger partial charge in [-0.25, -0.2) is 9.78 Å². The molecule has 5 heteroatoms. The lowest BCUT2D eigenvalue weighted by molar-refractivity contribution is 0.0519. The van der Waals surface area contributed by atoms with Gasteiger partial charge in [0, 0.05) is 17.3 Å². The number of halogens is 1. The molecular weight excluding hydrogens is 252 g/mol. The van der Waals surface area contributed by atoms with Crippen LogP contribution < -0.4 is 0 Å². The van der Waals surface area contributed by atoms with Crippen molar-refractivity contribution >= 4 is 23.2 Å². The molecule has 18 heavy (non-hydrogen) atoms. The Morgan fingerprint density at radius 3 is 2.78 bits per heavy atom. The van der Waals surface area contributed by atoms with Gasteiger partial charge in [-0.15, -0.1) is 0 Å². The molecule has 0 fully saturated rings. The summed E-state index contributed by atoms with van der Waals surface area (Å²) in [7, 11) is 0. The molecule has 0 aliphatic heterocycles. The van der Waals surface area contributed by atoms with Crippen LogP contribution in [0.4, 0.5) is 0 Å². The molecule has 2 heterocycles. The Bertz CT molecular complexity index is 549. The fraction of sp³-hybridized carbons (Fsp3) is 0.385. The van der Waals surface area contributed by atoms with E-state index in [2.05, 4.69) is 4.98 Å². The van der Waals surface area contributed by atoms with E-state index in [-0.39, 0.29) is 0 Å². The van der Waals surface area contributed by atoms with Crippen LogP contribution >= 0.6 is 11.6 Å². The molecule has 0 unspecified atom stereocenters. The number of hydrogen-bond acceptors (Lipinski definition) is 3. The maximum Gasteiger partial charge on any atom is 0.358 e. The number of esters is 1. The Hall–Kier alpha value is -1.55. The maximum absolute atomic E-state index is 11.6. The minimum atomic E-state index is -0.403. The van der Waals surface area contributed by atoms with Gasteiger partial charge in [0.1, 0.15) is 5.65 Å². The number of carbonyl (C=O) groups is 1. The van der Waals surface area contributed by atoms with Gasteiger partial charge >= 0.3 is 5.97 Å². The van der Waals surface area contributed by atoms with E-state index in [0.717, 1.165) is 5.69 Å². The predicted molar refractivity (Wildman–Crippen MR) is 72.2 cm³/mol. The number of rotatable bonds is 2. The normalized spacial score (nSPS) is 9.83. The molecular formula is C13H17ClN2O2. The highest BCUT2D eigenvalue weighted by Crippen LogP contribution is 2.16. The van der Waals surface area contributed by atoms with Crippen LogP contribution in [0.1, 0.15) is 37.0 Å². The van der Waals surface area contributed by atoms with Crippen molar-refractivity contribution in [3.63, 3.8) is 0 Å². The first kappa shape index (κ1) is 14.5. The molecule has 0 amide bonds. The van der Waals surface area contributed by atoms with Crippen molar-refractivity contribution in [2.75, 3.05) is 6.61 Å². The zero-order valence-corrected chi connectivity index (χ0v) is 11.8. The summed E-state index contributed by atoms with van der Waals surface area (Å²) in [6, 6.07) is 3.45. The molecule has 0 bridgehead atoms. The second kappa shape index (κ2) is 6.40. The molecule has 0 aliphatic rings. The number of carbonyl (C=O) groups excluding carboxylic acids is 1. The van der Waals surface area contributed by atoms with Crippen LogP contribution in [0.2, 0.25) is 5.02 Å². The van der Waals surface area contributed by atoms with Crippen molar-refractivity contribution in [3.05, 3.63) is 34.7 Å². The van der Waals surface area contributed by atoms with Crippen molar-refractivity contribution < 1.29 is 9.53 Å². The predicted octanol–water partition coefficient (Wildman–Crippen LogP) is 3.50. The summed E-state index contributed by atoms with van der Waals surface area (Å²) in [6.45, 7) is 7.92. The number of nitrogens with zero attached hydrogens (tertiary/aromatic N) is 2. The van der Waals surface area contributed by atoms with E-state index in [9.17, 15) is 4.79 Å². The maximum atomic E-state index is 11.6. The first-order chi connectivity index (χ1) is 8.63. The lowest BCUT2D eigenvalue weighted by atomic mass is 10.3. The Kier molecular flexibility index (Phi) is 5.16. The van der Waals surface area contributed by atoms with E-state index >= 15 is 0 Å². The van der Waals surface area contributed by atoms with E-state index in [0.29, 0.717) is 23.0 Å². The molecule has 98 valence electrons. The average Bonchev–Trinajstić information content (AvgIpc) is 2.69. The van der Waals surface area contributed by atoms with Crippen molar-refractivity contribution in [1.29, 1.82) is 0 Å². The van der Waals surface area contributed by atoms with Crippen LogP contribution in [0.3, 0.4) is 0 Å². The van der Waals surface area contributed by atoms with Crippen molar-refractivity contribution in [2.45, 2.75) is 27.7 Å². The highest BCUT2D eigenvalue weighted by atomic mass is 35.5. The van der Waals surface area contributed by atoms with Gasteiger partial charge in [0.05, 0.1) is 12.3 Å². The monoisotopic (exact) mass is 268 g/mol. The van der Waals surface area contributed by atoms with Gasteiger partial charge in [0.15, 0.2) is 5.69 Å². The number of hydrogen-bond donors (Lipinski definition) is 0. The van der Waals surface area contributed by atoms with Crippen LogP contribution in [0.5, 0.6) is 0 Å². The second-order valence-corrected chi connectivity index (χ2v) is 3.78. The number of ether oxygens (including phenoxy) is 1. The lowest BCUT2D eigenvalue weighted by Gasteiger charge is -1.99. The fourth-order valence-corrected chi connectivity index (χ4v) is 1.69. The molecule has 0 radical (unpaired) electrons. The van der Waals surface area contributed by atoms with E-state index in [1.165, 1.54) is 0 Å². The Balaban J connectivity index is 0.000000771. The summed E-state index contributed by atoms with van der Waals surface area (Å²) in [5, 5.41) is 0.591. The van der Waals surface area contributed by atoms with Crippen LogP contribution in [0, 0.1) is 6.92 Å². The Morgan fingerprint density at radius 2 is 2.17 bits per heavy atom. The summed E-state index contributed by atoms with van der Waals surface area (Å²) in [6.07, 6.45) is 1.78. The Labute approximate surface area is 112 Å². The van der Waals surface area contributed by atoms with E-state index in [1.807, 2.05) is 20.8 Å². The molecule has 0 saturated carbocycles. The fourth-order valence-electron chi connectivity index (χ4n) is 1.54. The molecule has 0 aromatic carbocycles. The SMILES string of the molecule is CC.CCOC(=O)c1nc2cc(Cl)ccn2c1C. The second-order valence-electron chi connectivity index (χ2n) is 3.34. The van der Waals surface area contributed by atoms with Gasteiger partial charge in [0.2, 0.25) is 0 Å². The quantitative estimate of drug-likeness (QED) is 0.783. The third-order valence-corrected chi connectivity index (χ3v) is 2.53. The molecule has 0 aliphatic carbocycles. The average molecular weight is 269 g/mol.